The van der Waals surface area contributed by atoms with Crippen molar-refractivity contribution in [3.63, 3.8) is 0 Å². The van der Waals surface area contributed by atoms with Crippen molar-refractivity contribution in [2.45, 2.75) is 31.6 Å². The van der Waals surface area contributed by atoms with Crippen LogP contribution in [0.4, 0.5) is 0 Å². The molecule has 5 heteroatoms. The monoisotopic (exact) mass is 292 g/mol. The highest BCUT2D eigenvalue weighted by Gasteiger charge is 2.38. The Morgan fingerprint density at radius 2 is 2.10 bits per heavy atom. The summed E-state index contributed by atoms with van der Waals surface area (Å²) in [5.41, 5.74) is 7.13. The molecule has 1 aliphatic rings. The first-order valence-corrected chi connectivity index (χ1v) is 8.14. The molecule has 0 amide bonds. The van der Waals surface area contributed by atoms with Crippen LogP contribution in [-0.2, 0) is 10.0 Å². The summed E-state index contributed by atoms with van der Waals surface area (Å²) in [5, 5.41) is 0. The van der Waals surface area contributed by atoms with E-state index in [1.54, 1.807) is 18.2 Å². The van der Waals surface area contributed by atoms with E-state index in [0.717, 1.165) is 24.0 Å². The molecule has 0 aromatic heterocycles. The Morgan fingerprint density at radius 1 is 1.40 bits per heavy atom. The van der Waals surface area contributed by atoms with Crippen molar-refractivity contribution >= 4 is 10.0 Å². The van der Waals surface area contributed by atoms with Crippen LogP contribution in [0.25, 0.3) is 0 Å². The standard InChI is InChI=1S/C15H20N2O2S/c1-12-10-14(6-5-13(12)4-3-9-16)20(18,19)17-11-15(2)7-8-15/h5-6,10,17H,7-9,11,16H2,1-2H3. The molecule has 1 aliphatic carbocycles. The Kier molecular flexibility index (Phi) is 4.19. The summed E-state index contributed by atoms with van der Waals surface area (Å²) < 4.78 is 27.1. The highest BCUT2D eigenvalue weighted by Crippen LogP contribution is 2.44. The quantitative estimate of drug-likeness (QED) is 0.824. The van der Waals surface area contributed by atoms with E-state index in [1.165, 1.54) is 0 Å². The molecule has 0 bridgehead atoms. The van der Waals surface area contributed by atoms with E-state index in [1.807, 2.05) is 6.92 Å². The number of hydrogen-bond acceptors (Lipinski definition) is 3. The molecular formula is C15H20N2O2S. The molecule has 2 rings (SSSR count). The third-order valence-corrected chi connectivity index (χ3v) is 5.02. The fourth-order valence-corrected chi connectivity index (χ4v) is 3.12. The Morgan fingerprint density at radius 3 is 2.65 bits per heavy atom. The van der Waals surface area contributed by atoms with Gasteiger partial charge in [-0.15, -0.1) is 0 Å². The summed E-state index contributed by atoms with van der Waals surface area (Å²) in [7, 11) is -3.44. The largest absolute Gasteiger partial charge is 0.320 e. The van der Waals surface area contributed by atoms with Crippen LogP contribution >= 0.6 is 0 Å². The molecule has 0 atom stereocenters. The van der Waals surface area contributed by atoms with E-state index in [2.05, 4.69) is 23.5 Å². The number of rotatable bonds is 4. The summed E-state index contributed by atoms with van der Waals surface area (Å²) in [6.07, 6.45) is 2.17. The van der Waals surface area contributed by atoms with Gasteiger partial charge in [0.25, 0.3) is 0 Å². The molecule has 0 saturated heterocycles. The number of nitrogens with one attached hydrogen (secondary N) is 1. The summed E-state index contributed by atoms with van der Waals surface area (Å²) in [4.78, 5) is 0.289. The van der Waals surface area contributed by atoms with Gasteiger partial charge < -0.3 is 5.73 Å². The van der Waals surface area contributed by atoms with Crippen molar-refractivity contribution in [3.05, 3.63) is 29.3 Å². The van der Waals surface area contributed by atoms with Crippen molar-refractivity contribution in [1.29, 1.82) is 0 Å². The van der Waals surface area contributed by atoms with Gasteiger partial charge in [0.15, 0.2) is 0 Å². The zero-order chi connectivity index (χ0) is 14.8. The van der Waals surface area contributed by atoms with Crippen LogP contribution in [0.2, 0.25) is 0 Å². The van der Waals surface area contributed by atoms with Crippen molar-refractivity contribution in [2.75, 3.05) is 13.1 Å². The molecule has 0 radical (unpaired) electrons. The van der Waals surface area contributed by atoms with Crippen molar-refractivity contribution in [3.8, 4) is 11.8 Å². The number of benzene rings is 1. The van der Waals surface area contributed by atoms with Gasteiger partial charge in [0.2, 0.25) is 10.0 Å². The molecule has 20 heavy (non-hydrogen) atoms. The fourth-order valence-electron chi connectivity index (χ4n) is 1.83. The SMILES string of the molecule is Cc1cc(S(=O)(=O)NCC2(C)CC2)ccc1C#CCN. The van der Waals surface area contributed by atoms with E-state index in [0.29, 0.717) is 13.1 Å². The average Bonchev–Trinajstić information content (AvgIpc) is 3.14. The molecule has 1 fully saturated rings. The molecule has 4 nitrogen and oxygen atoms in total. The van der Waals surface area contributed by atoms with Gasteiger partial charge in [0.1, 0.15) is 0 Å². The highest BCUT2D eigenvalue weighted by molar-refractivity contribution is 7.89. The summed E-state index contributed by atoms with van der Waals surface area (Å²) in [5.74, 6) is 5.70. The summed E-state index contributed by atoms with van der Waals surface area (Å²) in [6, 6.07) is 4.97. The van der Waals surface area contributed by atoms with E-state index < -0.39 is 10.0 Å². The normalized spacial score (nSPS) is 16.4. The molecule has 0 spiro atoms. The van der Waals surface area contributed by atoms with Crippen LogP contribution in [0.1, 0.15) is 30.9 Å². The molecule has 3 N–H and O–H groups in total. The van der Waals surface area contributed by atoms with Crippen molar-refractivity contribution < 1.29 is 8.42 Å². The van der Waals surface area contributed by atoms with E-state index in [9.17, 15) is 8.42 Å². The fraction of sp³-hybridized carbons (Fsp3) is 0.467. The lowest BCUT2D eigenvalue weighted by Gasteiger charge is -2.11. The Balaban J connectivity index is 2.17. The Labute approximate surface area is 120 Å². The maximum Gasteiger partial charge on any atom is 0.240 e. The first-order chi connectivity index (χ1) is 9.36. The van der Waals surface area contributed by atoms with Crippen molar-refractivity contribution in [1.82, 2.24) is 4.72 Å². The molecule has 108 valence electrons. The second kappa shape index (κ2) is 5.57. The van der Waals surface area contributed by atoms with Crippen molar-refractivity contribution in [2.24, 2.45) is 11.1 Å². The smallest absolute Gasteiger partial charge is 0.240 e. The van der Waals surface area contributed by atoms with Crippen LogP contribution in [0.15, 0.2) is 23.1 Å². The Bertz CT molecular complexity index is 665. The van der Waals surface area contributed by atoms with Crippen LogP contribution in [-0.4, -0.2) is 21.5 Å². The third kappa shape index (κ3) is 3.60. The second-order valence-electron chi connectivity index (χ2n) is 5.62. The maximum absolute atomic E-state index is 12.2. The second-order valence-corrected chi connectivity index (χ2v) is 7.38. The minimum absolute atomic E-state index is 0.147. The molecule has 0 heterocycles. The number of nitrogens with two attached hydrogens (primary N) is 1. The zero-order valence-electron chi connectivity index (χ0n) is 11.9. The van der Waals surface area contributed by atoms with Gasteiger partial charge in [0, 0.05) is 12.1 Å². The predicted molar refractivity (Wildman–Crippen MR) is 79.6 cm³/mol. The highest BCUT2D eigenvalue weighted by atomic mass is 32.2. The lowest BCUT2D eigenvalue weighted by atomic mass is 10.1. The zero-order valence-corrected chi connectivity index (χ0v) is 12.7. The van der Waals surface area contributed by atoms with Gasteiger partial charge in [-0.3, -0.25) is 0 Å². The molecule has 1 aromatic rings. The number of hydrogen-bond donors (Lipinski definition) is 2. The van der Waals surface area contributed by atoms with Gasteiger partial charge in [-0.05, 0) is 48.9 Å². The van der Waals surface area contributed by atoms with E-state index in [4.69, 9.17) is 5.73 Å². The van der Waals surface area contributed by atoms with Gasteiger partial charge >= 0.3 is 0 Å². The minimum atomic E-state index is -3.44. The average molecular weight is 292 g/mol. The van der Waals surface area contributed by atoms with Crippen LogP contribution in [0.3, 0.4) is 0 Å². The summed E-state index contributed by atoms with van der Waals surface area (Å²) in [6.45, 7) is 4.73. The van der Waals surface area contributed by atoms with Gasteiger partial charge in [0.05, 0.1) is 11.4 Å². The number of aryl methyl sites for hydroxylation is 1. The lowest BCUT2D eigenvalue weighted by Crippen LogP contribution is -2.29. The molecule has 0 aliphatic heterocycles. The molecule has 0 unspecified atom stereocenters. The third-order valence-electron chi connectivity index (χ3n) is 3.63. The first kappa shape index (κ1) is 15.0. The van der Waals surface area contributed by atoms with Crippen LogP contribution < -0.4 is 10.5 Å². The van der Waals surface area contributed by atoms with E-state index >= 15 is 0 Å². The topological polar surface area (TPSA) is 72.2 Å². The predicted octanol–water partition coefficient (Wildman–Crippen LogP) is 1.38. The minimum Gasteiger partial charge on any atom is -0.320 e. The molecule has 1 saturated carbocycles. The van der Waals surface area contributed by atoms with Gasteiger partial charge in [-0.1, -0.05) is 18.8 Å². The summed E-state index contributed by atoms with van der Waals surface area (Å²) >= 11 is 0. The van der Waals surface area contributed by atoms with Gasteiger partial charge in [-0.2, -0.15) is 0 Å². The van der Waals surface area contributed by atoms with Crippen LogP contribution in [0.5, 0.6) is 0 Å². The first-order valence-electron chi connectivity index (χ1n) is 6.66. The lowest BCUT2D eigenvalue weighted by molar-refractivity contribution is 0.530. The van der Waals surface area contributed by atoms with E-state index in [-0.39, 0.29) is 10.3 Å². The Hall–Kier alpha value is -1.35. The van der Waals surface area contributed by atoms with Crippen LogP contribution in [0, 0.1) is 24.2 Å². The van der Waals surface area contributed by atoms with Gasteiger partial charge in [-0.25, -0.2) is 13.1 Å². The maximum atomic E-state index is 12.2. The number of sulfonamides is 1. The molecule has 1 aromatic carbocycles. The molecular weight excluding hydrogens is 272 g/mol.